The number of nitrogens with one attached hydrogen (secondary N) is 2. The summed E-state index contributed by atoms with van der Waals surface area (Å²) < 4.78 is 0. The number of aromatic nitrogens is 1. The molecule has 0 saturated heterocycles. The van der Waals surface area contributed by atoms with Crippen LogP contribution in [0, 0.1) is 0 Å². The van der Waals surface area contributed by atoms with Gasteiger partial charge >= 0.3 is 0 Å². The molecule has 1 aromatic rings. The highest BCUT2D eigenvalue weighted by Crippen LogP contribution is 2.21. The first kappa shape index (κ1) is 13.6. The van der Waals surface area contributed by atoms with Gasteiger partial charge in [-0.05, 0) is 19.4 Å². The summed E-state index contributed by atoms with van der Waals surface area (Å²) >= 11 is 11.7. The van der Waals surface area contributed by atoms with Crippen molar-refractivity contribution in [3.8, 4) is 0 Å². The first-order valence-electron chi connectivity index (χ1n) is 5.41. The summed E-state index contributed by atoms with van der Waals surface area (Å²) in [6.45, 7) is 5.99. The van der Waals surface area contributed by atoms with Crippen LogP contribution in [0.1, 0.15) is 20.3 Å². The third-order valence-electron chi connectivity index (χ3n) is 2.33. The van der Waals surface area contributed by atoms with Gasteiger partial charge in [0, 0.05) is 25.3 Å². The van der Waals surface area contributed by atoms with Crippen LogP contribution in [0.15, 0.2) is 12.3 Å². The lowest BCUT2D eigenvalue weighted by Gasteiger charge is -2.12. The van der Waals surface area contributed by atoms with Crippen molar-refractivity contribution in [1.82, 2.24) is 10.3 Å². The Labute approximate surface area is 107 Å². The molecule has 2 N–H and O–H groups in total. The third-order valence-corrected chi connectivity index (χ3v) is 2.83. The highest BCUT2D eigenvalue weighted by Gasteiger charge is 2.02. The van der Waals surface area contributed by atoms with Gasteiger partial charge in [-0.2, -0.15) is 0 Å². The van der Waals surface area contributed by atoms with E-state index in [1.54, 1.807) is 12.3 Å². The van der Waals surface area contributed by atoms with Crippen LogP contribution in [0.4, 0.5) is 5.82 Å². The molecule has 0 aliphatic heterocycles. The summed E-state index contributed by atoms with van der Waals surface area (Å²) in [5, 5.41) is 7.63. The summed E-state index contributed by atoms with van der Waals surface area (Å²) in [4.78, 5) is 4.11. The monoisotopic (exact) mass is 261 g/mol. The number of hydrogen-bond donors (Lipinski definition) is 2. The van der Waals surface area contributed by atoms with Crippen molar-refractivity contribution in [3.05, 3.63) is 22.3 Å². The quantitative estimate of drug-likeness (QED) is 0.773. The fourth-order valence-corrected chi connectivity index (χ4v) is 1.64. The first-order valence-corrected chi connectivity index (χ1v) is 6.17. The van der Waals surface area contributed by atoms with E-state index in [4.69, 9.17) is 23.2 Å². The van der Waals surface area contributed by atoms with E-state index in [-0.39, 0.29) is 0 Å². The van der Waals surface area contributed by atoms with E-state index in [1.165, 1.54) is 0 Å². The number of rotatable bonds is 6. The van der Waals surface area contributed by atoms with E-state index in [0.717, 1.165) is 19.5 Å². The molecule has 0 saturated carbocycles. The summed E-state index contributed by atoms with van der Waals surface area (Å²) in [7, 11) is 0. The van der Waals surface area contributed by atoms with Gasteiger partial charge in [0.05, 0.1) is 10.0 Å². The molecule has 1 rings (SSSR count). The van der Waals surface area contributed by atoms with Crippen molar-refractivity contribution in [3.63, 3.8) is 0 Å². The normalized spacial score (nSPS) is 12.5. The van der Waals surface area contributed by atoms with Crippen LogP contribution < -0.4 is 10.6 Å². The smallest absolute Gasteiger partial charge is 0.144 e. The van der Waals surface area contributed by atoms with Crippen molar-refractivity contribution in [1.29, 1.82) is 0 Å². The van der Waals surface area contributed by atoms with Crippen molar-refractivity contribution in [2.75, 3.05) is 18.4 Å². The number of halogens is 2. The van der Waals surface area contributed by atoms with Gasteiger partial charge in [-0.15, -0.1) is 0 Å². The Morgan fingerprint density at radius 1 is 1.38 bits per heavy atom. The van der Waals surface area contributed by atoms with E-state index in [2.05, 4.69) is 29.5 Å². The highest BCUT2D eigenvalue weighted by atomic mass is 35.5. The van der Waals surface area contributed by atoms with Crippen LogP contribution in [-0.2, 0) is 0 Å². The topological polar surface area (TPSA) is 37.0 Å². The van der Waals surface area contributed by atoms with Gasteiger partial charge < -0.3 is 10.6 Å². The third kappa shape index (κ3) is 4.56. The van der Waals surface area contributed by atoms with Crippen LogP contribution in [-0.4, -0.2) is 24.1 Å². The van der Waals surface area contributed by atoms with Gasteiger partial charge in [-0.1, -0.05) is 30.1 Å². The second kappa shape index (κ2) is 6.94. The summed E-state index contributed by atoms with van der Waals surface area (Å²) in [5.74, 6) is 0.678. The lowest BCUT2D eigenvalue weighted by Crippen LogP contribution is -2.30. The van der Waals surface area contributed by atoms with Gasteiger partial charge in [0.15, 0.2) is 0 Å². The molecular formula is C11H17Cl2N3. The maximum Gasteiger partial charge on any atom is 0.144 e. The molecule has 0 aromatic carbocycles. The molecule has 0 fully saturated rings. The van der Waals surface area contributed by atoms with E-state index in [1.807, 2.05) is 0 Å². The molecule has 0 amide bonds. The molecule has 0 aliphatic carbocycles. The fourth-order valence-electron chi connectivity index (χ4n) is 1.19. The average molecular weight is 262 g/mol. The van der Waals surface area contributed by atoms with E-state index < -0.39 is 0 Å². The molecule has 1 unspecified atom stereocenters. The zero-order valence-electron chi connectivity index (χ0n) is 9.56. The molecule has 90 valence electrons. The number of hydrogen-bond acceptors (Lipinski definition) is 3. The molecule has 0 radical (unpaired) electrons. The van der Waals surface area contributed by atoms with E-state index >= 15 is 0 Å². The Kier molecular flexibility index (Phi) is 5.88. The Hall–Kier alpha value is -0.510. The number of anilines is 1. The zero-order valence-corrected chi connectivity index (χ0v) is 11.1. The van der Waals surface area contributed by atoms with Crippen molar-refractivity contribution in [2.45, 2.75) is 26.3 Å². The van der Waals surface area contributed by atoms with Crippen LogP contribution >= 0.6 is 23.2 Å². The number of pyridine rings is 1. The molecule has 1 heterocycles. The van der Waals surface area contributed by atoms with Gasteiger partial charge in [-0.25, -0.2) is 4.98 Å². The lowest BCUT2D eigenvalue weighted by molar-refractivity contribution is 0.546. The molecule has 16 heavy (non-hydrogen) atoms. The van der Waals surface area contributed by atoms with Gasteiger partial charge in [0.1, 0.15) is 5.82 Å². The van der Waals surface area contributed by atoms with E-state index in [0.29, 0.717) is 21.9 Å². The minimum Gasteiger partial charge on any atom is -0.368 e. The SMILES string of the molecule is CCC(C)NCCNc1ncc(Cl)cc1Cl. The second-order valence-electron chi connectivity index (χ2n) is 3.67. The predicted molar refractivity (Wildman–Crippen MR) is 70.5 cm³/mol. The minimum absolute atomic E-state index is 0.537. The van der Waals surface area contributed by atoms with Crippen LogP contribution in [0.3, 0.4) is 0 Å². The van der Waals surface area contributed by atoms with Crippen LogP contribution in [0.25, 0.3) is 0 Å². The fraction of sp³-hybridized carbons (Fsp3) is 0.545. The van der Waals surface area contributed by atoms with Gasteiger partial charge in [0.25, 0.3) is 0 Å². The second-order valence-corrected chi connectivity index (χ2v) is 4.52. The largest absolute Gasteiger partial charge is 0.368 e. The maximum absolute atomic E-state index is 5.97. The highest BCUT2D eigenvalue weighted by molar-refractivity contribution is 6.35. The first-order chi connectivity index (χ1) is 7.63. The van der Waals surface area contributed by atoms with Crippen LogP contribution in [0.2, 0.25) is 10.0 Å². The Morgan fingerprint density at radius 2 is 2.12 bits per heavy atom. The average Bonchev–Trinajstić information content (AvgIpc) is 2.26. The summed E-state index contributed by atoms with van der Waals surface area (Å²) in [6, 6.07) is 2.22. The Bertz CT molecular complexity index is 331. The predicted octanol–water partition coefficient (Wildman–Crippen LogP) is 3.19. The van der Waals surface area contributed by atoms with Crippen molar-refractivity contribution < 1.29 is 0 Å². The van der Waals surface area contributed by atoms with Gasteiger partial charge in [-0.3, -0.25) is 0 Å². The Balaban J connectivity index is 2.32. The molecule has 0 spiro atoms. The molecule has 0 bridgehead atoms. The molecule has 5 heteroatoms. The summed E-state index contributed by atoms with van der Waals surface area (Å²) in [5.41, 5.74) is 0. The van der Waals surface area contributed by atoms with Crippen molar-refractivity contribution in [2.24, 2.45) is 0 Å². The molecule has 1 aromatic heterocycles. The molecule has 0 aliphatic rings. The lowest BCUT2D eigenvalue weighted by atomic mass is 10.2. The Morgan fingerprint density at radius 3 is 2.75 bits per heavy atom. The van der Waals surface area contributed by atoms with E-state index in [9.17, 15) is 0 Å². The number of nitrogens with zero attached hydrogens (tertiary/aromatic N) is 1. The minimum atomic E-state index is 0.537. The molecular weight excluding hydrogens is 245 g/mol. The maximum atomic E-state index is 5.97. The van der Waals surface area contributed by atoms with Crippen LogP contribution in [0.5, 0.6) is 0 Å². The molecule has 3 nitrogen and oxygen atoms in total. The zero-order chi connectivity index (χ0) is 12.0. The van der Waals surface area contributed by atoms with Gasteiger partial charge in [0.2, 0.25) is 0 Å². The standard InChI is InChI=1S/C11H17Cl2N3/c1-3-8(2)14-4-5-15-11-10(13)6-9(12)7-16-11/h6-8,14H,3-5H2,1-2H3,(H,15,16). The molecule has 1 atom stereocenters. The summed E-state index contributed by atoms with van der Waals surface area (Å²) in [6.07, 6.45) is 2.71. The van der Waals surface area contributed by atoms with Crippen molar-refractivity contribution >= 4 is 29.0 Å².